The molecule has 0 spiro atoms. The van der Waals surface area contributed by atoms with Crippen LogP contribution in [0.25, 0.3) is 0 Å². The summed E-state index contributed by atoms with van der Waals surface area (Å²) in [5.74, 6) is 2.08. The maximum atomic E-state index is 5.90. The van der Waals surface area contributed by atoms with Gasteiger partial charge in [0.1, 0.15) is 11.5 Å². The van der Waals surface area contributed by atoms with Crippen molar-refractivity contribution in [2.75, 3.05) is 5.32 Å². The number of aromatic nitrogens is 2. The summed E-state index contributed by atoms with van der Waals surface area (Å²) in [6.07, 6.45) is 0. The van der Waals surface area contributed by atoms with E-state index in [1.54, 1.807) is 0 Å². The molecule has 0 bridgehead atoms. The average molecular weight is 304 g/mol. The third kappa shape index (κ3) is 3.07. The van der Waals surface area contributed by atoms with Crippen LogP contribution in [0.1, 0.15) is 0 Å². The molecule has 2 aromatic carbocycles. The molecule has 0 atom stereocenters. The number of benzene rings is 2. The first kappa shape index (κ1) is 12.9. The zero-order chi connectivity index (χ0) is 13.8. The third-order valence-electron chi connectivity index (χ3n) is 2.52. The number of para-hydroxylation sites is 1. The van der Waals surface area contributed by atoms with Crippen LogP contribution in [0.2, 0.25) is 5.15 Å². The highest BCUT2D eigenvalue weighted by Crippen LogP contribution is 2.27. The number of ether oxygens (including phenoxy) is 1. The van der Waals surface area contributed by atoms with Crippen molar-refractivity contribution >= 4 is 34.8 Å². The first-order valence-electron chi connectivity index (χ1n) is 5.89. The average Bonchev–Trinajstić information content (AvgIpc) is 2.86. The summed E-state index contributed by atoms with van der Waals surface area (Å²) in [4.78, 5) is 0. The number of halogens is 1. The van der Waals surface area contributed by atoms with E-state index in [-0.39, 0.29) is 0 Å². The van der Waals surface area contributed by atoms with Crippen molar-refractivity contribution in [3.8, 4) is 11.5 Å². The first-order valence-corrected chi connectivity index (χ1v) is 7.00. The lowest BCUT2D eigenvalue weighted by atomic mass is 10.3. The molecule has 0 saturated carbocycles. The predicted molar refractivity (Wildman–Crippen MR) is 81.2 cm³/mol. The van der Waals surface area contributed by atoms with E-state index in [1.165, 1.54) is 0 Å². The van der Waals surface area contributed by atoms with Gasteiger partial charge < -0.3 is 10.1 Å². The van der Waals surface area contributed by atoms with Crippen LogP contribution < -0.4 is 10.1 Å². The summed E-state index contributed by atoms with van der Waals surface area (Å²) < 4.78 is 13.7. The maximum Gasteiger partial charge on any atom is 0.187 e. The Balaban J connectivity index is 1.78. The molecule has 0 fully saturated rings. The molecule has 0 amide bonds. The lowest BCUT2D eigenvalue weighted by Crippen LogP contribution is -1.92. The van der Waals surface area contributed by atoms with Crippen LogP contribution in [0.4, 0.5) is 11.5 Å². The van der Waals surface area contributed by atoms with Crippen LogP contribution in [-0.4, -0.2) is 8.75 Å². The van der Waals surface area contributed by atoms with Gasteiger partial charge in [-0.25, -0.2) is 0 Å². The molecule has 0 aliphatic rings. The molecule has 1 heterocycles. The normalized spacial score (nSPS) is 10.2. The molecule has 0 radical (unpaired) electrons. The van der Waals surface area contributed by atoms with Crippen LogP contribution in [0.3, 0.4) is 0 Å². The number of nitrogens with one attached hydrogen (secondary N) is 1. The standard InChI is InChI=1S/C14H10ClN3OS/c15-13-14(18-20-17-13)16-10-5-4-8-12(9-10)19-11-6-2-1-3-7-11/h1-9H,(H,16,18). The lowest BCUT2D eigenvalue weighted by molar-refractivity contribution is 0.483. The Morgan fingerprint density at radius 3 is 2.50 bits per heavy atom. The predicted octanol–water partition coefficient (Wildman–Crippen LogP) is 4.73. The van der Waals surface area contributed by atoms with E-state index in [4.69, 9.17) is 16.3 Å². The van der Waals surface area contributed by atoms with Crippen LogP contribution >= 0.6 is 23.3 Å². The molecule has 0 aliphatic heterocycles. The zero-order valence-electron chi connectivity index (χ0n) is 10.3. The van der Waals surface area contributed by atoms with Gasteiger partial charge in [0.2, 0.25) is 0 Å². The minimum atomic E-state index is 0.365. The van der Waals surface area contributed by atoms with Gasteiger partial charge in [0.05, 0.1) is 11.7 Å². The van der Waals surface area contributed by atoms with Gasteiger partial charge in [0, 0.05) is 11.8 Å². The summed E-state index contributed by atoms with van der Waals surface area (Å²) in [7, 11) is 0. The van der Waals surface area contributed by atoms with Crippen molar-refractivity contribution in [3.63, 3.8) is 0 Å². The molecule has 0 saturated heterocycles. The number of nitrogens with zero attached hydrogens (tertiary/aromatic N) is 2. The molecule has 3 aromatic rings. The zero-order valence-corrected chi connectivity index (χ0v) is 11.9. The molecule has 3 rings (SSSR count). The molecule has 1 N–H and O–H groups in total. The molecule has 6 heteroatoms. The van der Waals surface area contributed by atoms with Gasteiger partial charge in [-0.1, -0.05) is 35.9 Å². The number of hydrogen-bond donors (Lipinski definition) is 1. The fraction of sp³-hybridized carbons (Fsp3) is 0. The molecule has 0 unspecified atom stereocenters. The van der Waals surface area contributed by atoms with Crippen LogP contribution in [0, 0.1) is 0 Å². The summed E-state index contributed by atoms with van der Waals surface area (Å²) in [6.45, 7) is 0. The van der Waals surface area contributed by atoms with E-state index in [0.717, 1.165) is 28.9 Å². The van der Waals surface area contributed by atoms with Crippen LogP contribution in [0.15, 0.2) is 54.6 Å². The Morgan fingerprint density at radius 1 is 0.950 bits per heavy atom. The van der Waals surface area contributed by atoms with Gasteiger partial charge in [-0.2, -0.15) is 8.75 Å². The second-order valence-corrected chi connectivity index (χ2v) is 4.86. The summed E-state index contributed by atoms with van der Waals surface area (Å²) in [6, 6.07) is 17.2. The quantitative estimate of drug-likeness (QED) is 0.757. The van der Waals surface area contributed by atoms with Gasteiger partial charge in [-0.3, -0.25) is 0 Å². The molecule has 100 valence electrons. The largest absolute Gasteiger partial charge is 0.457 e. The van der Waals surface area contributed by atoms with Crippen LogP contribution in [0.5, 0.6) is 11.5 Å². The molecular formula is C14H10ClN3OS. The summed E-state index contributed by atoms with van der Waals surface area (Å²) in [5.41, 5.74) is 0.841. The maximum absolute atomic E-state index is 5.90. The van der Waals surface area contributed by atoms with E-state index in [2.05, 4.69) is 14.1 Å². The highest BCUT2D eigenvalue weighted by Gasteiger charge is 2.06. The Kier molecular flexibility index (Phi) is 3.80. The molecule has 0 aliphatic carbocycles. The lowest BCUT2D eigenvalue weighted by Gasteiger charge is -2.08. The monoisotopic (exact) mass is 303 g/mol. The van der Waals surface area contributed by atoms with Crippen molar-refractivity contribution in [1.82, 2.24) is 8.75 Å². The van der Waals surface area contributed by atoms with Gasteiger partial charge in [-0.15, -0.1) is 0 Å². The Labute approximate surface area is 125 Å². The molecule has 4 nitrogen and oxygen atoms in total. The van der Waals surface area contributed by atoms with Crippen molar-refractivity contribution < 1.29 is 4.74 Å². The van der Waals surface area contributed by atoms with Crippen molar-refractivity contribution in [2.45, 2.75) is 0 Å². The SMILES string of the molecule is Clc1nsnc1Nc1cccc(Oc2ccccc2)c1. The molecule has 20 heavy (non-hydrogen) atoms. The van der Waals surface area contributed by atoms with Crippen molar-refractivity contribution in [1.29, 1.82) is 0 Å². The minimum absolute atomic E-state index is 0.365. The minimum Gasteiger partial charge on any atom is -0.457 e. The van der Waals surface area contributed by atoms with Gasteiger partial charge in [-0.05, 0) is 24.3 Å². The smallest absolute Gasteiger partial charge is 0.187 e. The summed E-state index contributed by atoms with van der Waals surface area (Å²) >= 11 is 6.97. The van der Waals surface area contributed by atoms with E-state index < -0.39 is 0 Å². The van der Waals surface area contributed by atoms with E-state index in [1.807, 2.05) is 54.6 Å². The van der Waals surface area contributed by atoms with Gasteiger partial charge in [0.15, 0.2) is 11.0 Å². The first-order chi connectivity index (χ1) is 9.81. The van der Waals surface area contributed by atoms with Crippen molar-refractivity contribution in [2.24, 2.45) is 0 Å². The number of anilines is 2. The van der Waals surface area contributed by atoms with Crippen molar-refractivity contribution in [3.05, 3.63) is 59.8 Å². The van der Waals surface area contributed by atoms with E-state index in [0.29, 0.717) is 11.0 Å². The molecule has 1 aromatic heterocycles. The molecular weight excluding hydrogens is 294 g/mol. The van der Waals surface area contributed by atoms with Gasteiger partial charge >= 0.3 is 0 Å². The Bertz CT molecular complexity index is 702. The summed E-state index contributed by atoms with van der Waals surface area (Å²) in [5, 5.41) is 3.47. The van der Waals surface area contributed by atoms with Crippen LogP contribution in [-0.2, 0) is 0 Å². The van der Waals surface area contributed by atoms with E-state index in [9.17, 15) is 0 Å². The second kappa shape index (κ2) is 5.90. The van der Waals surface area contributed by atoms with Gasteiger partial charge in [0.25, 0.3) is 0 Å². The Morgan fingerprint density at radius 2 is 1.75 bits per heavy atom. The Hall–Kier alpha value is -2.11. The van der Waals surface area contributed by atoms with E-state index >= 15 is 0 Å². The fourth-order valence-electron chi connectivity index (χ4n) is 1.65. The fourth-order valence-corrected chi connectivity index (χ4v) is 2.30. The highest BCUT2D eigenvalue weighted by atomic mass is 35.5. The topological polar surface area (TPSA) is 47.0 Å². The second-order valence-electron chi connectivity index (χ2n) is 3.97. The third-order valence-corrected chi connectivity index (χ3v) is 3.42. The highest BCUT2D eigenvalue weighted by molar-refractivity contribution is 6.99. The number of rotatable bonds is 4. The number of hydrogen-bond acceptors (Lipinski definition) is 5.